The van der Waals surface area contributed by atoms with Crippen molar-refractivity contribution in [2.75, 3.05) is 6.54 Å². The molecule has 0 bridgehead atoms. The highest BCUT2D eigenvalue weighted by atomic mass is 16.6. The van der Waals surface area contributed by atoms with Gasteiger partial charge < -0.3 is 5.73 Å². The molecule has 72 valence electrons. The summed E-state index contributed by atoms with van der Waals surface area (Å²) in [5.74, 6) is 5.50. The molecule has 4 nitrogen and oxygen atoms in total. The Labute approximate surface area is 81.9 Å². The van der Waals surface area contributed by atoms with Gasteiger partial charge in [-0.15, -0.1) is 0 Å². The van der Waals surface area contributed by atoms with E-state index in [1.165, 1.54) is 6.07 Å². The van der Waals surface area contributed by atoms with Gasteiger partial charge in [-0.3, -0.25) is 10.1 Å². The van der Waals surface area contributed by atoms with Crippen molar-refractivity contribution in [3.05, 3.63) is 39.4 Å². The molecule has 14 heavy (non-hydrogen) atoms. The zero-order valence-electron chi connectivity index (χ0n) is 7.78. The standard InChI is InChI=1S/C10H10N2O2/c1-8-7-9(3-2-6-11)4-5-10(8)12(13)14/h4-5,7H,6,11H2,1H3. The van der Waals surface area contributed by atoms with Crippen LogP contribution in [0.4, 0.5) is 5.69 Å². The topological polar surface area (TPSA) is 69.2 Å². The molecule has 1 rings (SSSR count). The van der Waals surface area contributed by atoms with Crippen molar-refractivity contribution in [2.45, 2.75) is 6.92 Å². The van der Waals surface area contributed by atoms with Crippen LogP contribution in [0.5, 0.6) is 0 Å². The minimum absolute atomic E-state index is 0.114. The molecule has 1 aromatic carbocycles. The molecule has 0 saturated heterocycles. The van der Waals surface area contributed by atoms with E-state index in [4.69, 9.17) is 5.73 Å². The molecule has 0 amide bonds. The number of nitro benzene ring substituents is 1. The third-order valence-corrected chi connectivity index (χ3v) is 1.73. The lowest BCUT2D eigenvalue weighted by molar-refractivity contribution is -0.385. The quantitative estimate of drug-likeness (QED) is 0.411. The van der Waals surface area contributed by atoms with Crippen molar-refractivity contribution in [3.8, 4) is 11.8 Å². The van der Waals surface area contributed by atoms with E-state index in [2.05, 4.69) is 11.8 Å². The highest BCUT2D eigenvalue weighted by Gasteiger charge is 2.08. The largest absolute Gasteiger partial charge is 0.320 e. The summed E-state index contributed by atoms with van der Waals surface area (Å²) < 4.78 is 0. The second kappa shape index (κ2) is 4.40. The maximum atomic E-state index is 10.5. The summed E-state index contributed by atoms with van der Waals surface area (Å²) in [7, 11) is 0. The Balaban J connectivity index is 3.06. The van der Waals surface area contributed by atoms with Crippen LogP contribution in [-0.4, -0.2) is 11.5 Å². The van der Waals surface area contributed by atoms with Gasteiger partial charge in [-0.05, 0) is 19.1 Å². The van der Waals surface area contributed by atoms with Gasteiger partial charge in [0.15, 0.2) is 0 Å². The van der Waals surface area contributed by atoms with Gasteiger partial charge in [0.1, 0.15) is 0 Å². The first-order valence-electron chi connectivity index (χ1n) is 4.09. The molecule has 0 atom stereocenters. The molecule has 0 saturated carbocycles. The highest BCUT2D eigenvalue weighted by Crippen LogP contribution is 2.17. The first-order chi connectivity index (χ1) is 6.65. The van der Waals surface area contributed by atoms with Gasteiger partial charge in [0.05, 0.1) is 11.5 Å². The molecule has 1 aromatic rings. The summed E-state index contributed by atoms with van der Waals surface area (Å²) in [6.45, 7) is 1.97. The fourth-order valence-corrected chi connectivity index (χ4v) is 1.09. The normalized spacial score (nSPS) is 9.00. The van der Waals surface area contributed by atoms with Gasteiger partial charge in [-0.25, -0.2) is 0 Å². The summed E-state index contributed by atoms with van der Waals surface area (Å²) in [4.78, 5) is 10.1. The molecule has 0 fully saturated rings. The predicted molar refractivity (Wildman–Crippen MR) is 53.8 cm³/mol. The van der Waals surface area contributed by atoms with Crippen LogP contribution in [0, 0.1) is 28.9 Å². The molecule has 0 spiro atoms. The van der Waals surface area contributed by atoms with Crippen molar-refractivity contribution < 1.29 is 4.92 Å². The van der Waals surface area contributed by atoms with Crippen LogP contribution in [0.2, 0.25) is 0 Å². The van der Waals surface area contributed by atoms with Crippen molar-refractivity contribution in [2.24, 2.45) is 5.73 Å². The SMILES string of the molecule is Cc1cc(C#CCN)ccc1[N+](=O)[O-]. The number of aryl methyl sites for hydroxylation is 1. The molecule has 0 aliphatic carbocycles. The van der Waals surface area contributed by atoms with Crippen molar-refractivity contribution in [1.29, 1.82) is 0 Å². The van der Waals surface area contributed by atoms with E-state index in [1.54, 1.807) is 19.1 Å². The van der Waals surface area contributed by atoms with Gasteiger partial charge in [0, 0.05) is 17.2 Å². The fraction of sp³-hybridized carbons (Fsp3) is 0.200. The minimum atomic E-state index is -0.407. The van der Waals surface area contributed by atoms with Crippen LogP contribution in [0.25, 0.3) is 0 Å². The molecule has 0 unspecified atom stereocenters. The van der Waals surface area contributed by atoms with Crippen LogP contribution in [0.3, 0.4) is 0 Å². The first-order valence-corrected chi connectivity index (χ1v) is 4.09. The van der Waals surface area contributed by atoms with E-state index in [0.717, 1.165) is 5.56 Å². The summed E-state index contributed by atoms with van der Waals surface area (Å²) >= 11 is 0. The number of nitrogens with zero attached hydrogens (tertiary/aromatic N) is 1. The molecule has 4 heteroatoms. The molecule has 0 radical (unpaired) electrons. The Bertz CT molecular complexity index is 416. The average molecular weight is 190 g/mol. The van der Waals surface area contributed by atoms with E-state index in [-0.39, 0.29) is 12.2 Å². The number of benzene rings is 1. The summed E-state index contributed by atoms with van der Waals surface area (Å²) in [6, 6.07) is 4.75. The van der Waals surface area contributed by atoms with Gasteiger partial charge in [0.2, 0.25) is 0 Å². The Hall–Kier alpha value is -1.86. The zero-order chi connectivity index (χ0) is 10.6. The Kier molecular flexibility index (Phi) is 3.21. The maximum absolute atomic E-state index is 10.5. The van der Waals surface area contributed by atoms with E-state index in [9.17, 15) is 10.1 Å². The molecule has 2 N–H and O–H groups in total. The monoisotopic (exact) mass is 190 g/mol. The summed E-state index contributed by atoms with van der Waals surface area (Å²) in [5.41, 5.74) is 6.68. The van der Waals surface area contributed by atoms with Crippen molar-refractivity contribution >= 4 is 5.69 Å². The zero-order valence-corrected chi connectivity index (χ0v) is 7.78. The van der Waals surface area contributed by atoms with Crippen LogP contribution >= 0.6 is 0 Å². The second-order valence-electron chi connectivity index (χ2n) is 2.76. The number of nitro groups is 1. The lowest BCUT2D eigenvalue weighted by Gasteiger charge is -1.96. The maximum Gasteiger partial charge on any atom is 0.272 e. The average Bonchev–Trinajstić information content (AvgIpc) is 2.14. The predicted octanol–water partition coefficient (Wildman–Crippen LogP) is 1.21. The Morgan fingerprint density at radius 1 is 1.57 bits per heavy atom. The third-order valence-electron chi connectivity index (χ3n) is 1.73. The summed E-state index contributed by atoms with van der Waals surface area (Å²) in [5, 5.41) is 10.5. The van der Waals surface area contributed by atoms with E-state index in [1.807, 2.05) is 0 Å². The third kappa shape index (κ3) is 2.31. The van der Waals surface area contributed by atoms with E-state index >= 15 is 0 Å². The number of hydrogen-bond acceptors (Lipinski definition) is 3. The number of rotatable bonds is 1. The Morgan fingerprint density at radius 3 is 2.79 bits per heavy atom. The highest BCUT2D eigenvalue weighted by molar-refractivity contribution is 5.47. The van der Waals surface area contributed by atoms with Crippen LogP contribution in [0.15, 0.2) is 18.2 Å². The first kappa shape index (κ1) is 10.2. The van der Waals surface area contributed by atoms with Crippen molar-refractivity contribution in [1.82, 2.24) is 0 Å². The molecule has 0 aromatic heterocycles. The lowest BCUT2D eigenvalue weighted by Crippen LogP contribution is -1.94. The molecular weight excluding hydrogens is 180 g/mol. The summed E-state index contributed by atoms with van der Waals surface area (Å²) in [6.07, 6.45) is 0. The minimum Gasteiger partial charge on any atom is -0.320 e. The smallest absolute Gasteiger partial charge is 0.272 e. The van der Waals surface area contributed by atoms with Gasteiger partial charge in [0.25, 0.3) is 5.69 Å². The van der Waals surface area contributed by atoms with E-state index < -0.39 is 4.92 Å². The van der Waals surface area contributed by atoms with Gasteiger partial charge >= 0.3 is 0 Å². The molecular formula is C10H10N2O2. The Morgan fingerprint density at radius 2 is 2.29 bits per heavy atom. The van der Waals surface area contributed by atoms with Crippen LogP contribution in [-0.2, 0) is 0 Å². The second-order valence-corrected chi connectivity index (χ2v) is 2.76. The van der Waals surface area contributed by atoms with Crippen molar-refractivity contribution in [3.63, 3.8) is 0 Å². The molecule has 0 aliphatic heterocycles. The van der Waals surface area contributed by atoms with Crippen LogP contribution in [0.1, 0.15) is 11.1 Å². The van der Waals surface area contributed by atoms with Gasteiger partial charge in [-0.2, -0.15) is 0 Å². The fourth-order valence-electron chi connectivity index (χ4n) is 1.09. The van der Waals surface area contributed by atoms with Gasteiger partial charge in [-0.1, -0.05) is 11.8 Å². The number of nitrogens with two attached hydrogens (primary N) is 1. The van der Waals surface area contributed by atoms with Crippen LogP contribution < -0.4 is 5.73 Å². The lowest BCUT2D eigenvalue weighted by atomic mass is 10.1. The number of hydrogen-bond donors (Lipinski definition) is 1. The molecule has 0 aliphatic rings. The molecule has 0 heterocycles. The van der Waals surface area contributed by atoms with E-state index in [0.29, 0.717) is 5.56 Å².